The molecule has 0 fully saturated rings. The molecule has 2 aromatic rings. The standard InChI is InChI=1S/C17H18N2O2/c1-12(2)13-8-10-15(11-9-13)18-17(21)19-16(20)14-6-4-3-5-7-14/h3-12H,1-2H3,(H2,18,19,20,21). The fourth-order valence-corrected chi connectivity index (χ4v) is 1.88. The zero-order chi connectivity index (χ0) is 15.2. The van der Waals surface area contributed by atoms with E-state index in [0.29, 0.717) is 17.2 Å². The van der Waals surface area contributed by atoms with Crippen LogP contribution < -0.4 is 10.6 Å². The minimum Gasteiger partial charge on any atom is -0.308 e. The van der Waals surface area contributed by atoms with Gasteiger partial charge in [0.1, 0.15) is 0 Å². The number of carbonyl (C=O) groups excluding carboxylic acids is 2. The molecular weight excluding hydrogens is 264 g/mol. The van der Waals surface area contributed by atoms with Gasteiger partial charge < -0.3 is 5.32 Å². The molecule has 0 spiro atoms. The lowest BCUT2D eigenvalue weighted by Crippen LogP contribution is -2.34. The number of nitrogens with one attached hydrogen (secondary N) is 2. The second-order valence-corrected chi connectivity index (χ2v) is 5.05. The van der Waals surface area contributed by atoms with E-state index in [1.807, 2.05) is 30.3 Å². The number of imide groups is 1. The van der Waals surface area contributed by atoms with Crippen LogP contribution in [0.2, 0.25) is 0 Å². The van der Waals surface area contributed by atoms with Crippen molar-refractivity contribution in [2.24, 2.45) is 0 Å². The van der Waals surface area contributed by atoms with Crippen molar-refractivity contribution in [3.63, 3.8) is 0 Å². The number of amides is 3. The van der Waals surface area contributed by atoms with E-state index in [2.05, 4.69) is 24.5 Å². The van der Waals surface area contributed by atoms with Gasteiger partial charge >= 0.3 is 6.03 Å². The van der Waals surface area contributed by atoms with Crippen molar-refractivity contribution < 1.29 is 9.59 Å². The third-order valence-corrected chi connectivity index (χ3v) is 3.10. The van der Waals surface area contributed by atoms with Crippen molar-refractivity contribution in [2.75, 3.05) is 5.32 Å². The Morgan fingerprint density at radius 2 is 1.52 bits per heavy atom. The fourth-order valence-electron chi connectivity index (χ4n) is 1.88. The zero-order valence-electron chi connectivity index (χ0n) is 12.1. The van der Waals surface area contributed by atoms with Crippen molar-refractivity contribution in [2.45, 2.75) is 19.8 Å². The quantitative estimate of drug-likeness (QED) is 0.900. The molecule has 0 unspecified atom stereocenters. The summed E-state index contributed by atoms with van der Waals surface area (Å²) >= 11 is 0. The summed E-state index contributed by atoms with van der Waals surface area (Å²) in [6, 6.07) is 15.6. The van der Waals surface area contributed by atoms with Crippen molar-refractivity contribution in [3.8, 4) is 0 Å². The average molecular weight is 282 g/mol. The monoisotopic (exact) mass is 282 g/mol. The number of hydrogen-bond acceptors (Lipinski definition) is 2. The number of benzene rings is 2. The lowest BCUT2D eigenvalue weighted by Gasteiger charge is -2.09. The van der Waals surface area contributed by atoms with E-state index in [1.165, 1.54) is 5.56 Å². The molecular formula is C17H18N2O2. The molecule has 0 bridgehead atoms. The van der Waals surface area contributed by atoms with E-state index >= 15 is 0 Å². The molecule has 3 amide bonds. The molecule has 0 heterocycles. The van der Waals surface area contributed by atoms with Gasteiger partial charge in [-0.1, -0.05) is 44.2 Å². The number of rotatable bonds is 3. The Hall–Kier alpha value is -2.62. The summed E-state index contributed by atoms with van der Waals surface area (Å²) in [4.78, 5) is 23.6. The van der Waals surface area contributed by atoms with E-state index in [4.69, 9.17) is 0 Å². The van der Waals surface area contributed by atoms with Gasteiger partial charge in [-0.25, -0.2) is 4.79 Å². The zero-order valence-corrected chi connectivity index (χ0v) is 12.1. The van der Waals surface area contributed by atoms with Crippen LogP contribution in [0.5, 0.6) is 0 Å². The van der Waals surface area contributed by atoms with Crippen molar-refractivity contribution in [3.05, 3.63) is 65.7 Å². The first-order valence-electron chi connectivity index (χ1n) is 6.83. The molecule has 21 heavy (non-hydrogen) atoms. The van der Waals surface area contributed by atoms with E-state index in [9.17, 15) is 9.59 Å². The molecule has 0 aliphatic rings. The van der Waals surface area contributed by atoms with Crippen LogP contribution in [0, 0.1) is 0 Å². The van der Waals surface area contributed by atoms with Gasteiger partial charge in [0, 0.05) is 11.3 Å². The molecule has 0 aliphatic heterocycles. The SMILES string of the molecule is CC(C)c1ccc(NC(=O)NC(=O)c2ccccc2)cc1. The van der Waals surface area contributed by atoms with Crippen molar-refractivity contribution in [1.29, 1.82) is 0 Å². The summed E-state index contributed by atoms with van der Waals surface area (Å²) in [6.07, 6.45) is 0. The van der Waals surface area contributed by atoms with E-state index in [-0.39, 0.29) is 0 Å². The number of urea groups is 1. The minimum absolute atomic E-state index is 0.424. The van der Waals surface area contributed by atoms with Crippen LogP contribution in [0.4, 0.5) is 10.5 Å². The van der Waals surface area contributed by atoms with E-state index in [0.717, 1.165) is 0 Å². The van der Waals surface area contributed by atoms with Crippen LogP contribution in [0.3, 0.4) is 0 Å². The highest BCUT2D eigenvalue weighted by atomic mass is 16.2. The van der Waals surface area contributed by atoms with E-state index < -0.39 is 11.9 Å². The number of hydrogen-bond donors (Lipinski definition) is 2. The maximum atomic E-state index is 11.8. The summed E-state index contributed by atoms with van der Waals surface area (Å²) in [5.74, 6) is 0.0134. The molecule has 0 radical (unpaired) electrons. The Kier molecular flexibility index (Phi) is 4.72. The van der Waals surface area contributed by atoms with Gasteiger partial charge in [-0.05, 0) is 35.7 Å². The molecule has 0 aliphatic carbocycles. The maximum absolute atomic E-state index is 11.8. The molecule has 2 N–H and O–H groups in total. The normalized spacial score (nSPS) is 10.2. The fraction of sp³-hybridized carbons (Fsp3) is 0.176. The van der Waals surface area contributed by atoms with Crippen LogP contribution in [-0.4, -0.2) is 11.9 Å². The topological polar surface area (TPSA) is 58.2 Å². The Balaban J connectivity index is 1.94. The lowest BCUT2D eigenvalue weighted by atomic mass is 10.0. The minimum atomic E-state index is -0.541. The first-order valence-corrected chi connectivity index (χ1v) is 6.83. The van der Waals surface area contributed by atoms with Gasteiger partial charge in [-0.2, -0.15) is 0 Å². The second kappa shape index (κ2) is 6.70. The third kappa shape index (κ3) is 4.18. The van der Waals surface area contributed by atoms with Crippen LogP contribution in [-0.2, 0) is 0 Å². The number of carbonyl (C=O) groups is 2. The van der Waals surface area contributed by atoms with Crippen LogP contribution in [0.1, 0.15) is 35.7 Å². The summed E-state index contributed by atoms with van der Waals surface area (Å²) in [5.41, 5.74) is 2.29. The van der Waals surface area contributed by atoms with Crippen LogP contribution in [0.25, 0.3) is 0 Å². The van der Waals surface area contributed by atoms with Gasteiger partial charge in [-0.3, -0.25) is 10.1 Å². The smallest absolute Gasteiger partial charge is 0.308 e. The molecule has 2 rings (SSSR count). The molecule has 108 valence electrons. The summed E-state index contributed by atoms with van der Waals surface area (Å²) in [5, 5.41) is 4.93. The van der Waals surface area contributed by atoms with Crippen molar-refractivity contribution >= 4 is 17.6 Å². The highest BCUT2D eigenvalue weighted by molar-refractivity contribution is 6.07. The Labute approximate surface area is 124 Å². The lowest BCUT2D eigenvalue weighted by molar-refractivity contribution is 0.0967. The largest absolute Gasteiger partial charge is 0.326 e. The highest BCUT2D eigenvalue weighted by Gasteiger charge is 2.09. The van der Waals surface area contributed by atoms with Crippen molar-refractivity contribution in [1.82, 2.24) is 5.32 Å². The summed E-state index contributed by atoms with van der Waals surface area (Å²) in [6.45, 7) is 4.21. The molecule has 4 nitrogen and oxygen atoms in total. The first kappa shape index (κ1) is 14.8. The molecule has 0 aromatic heterocycles. The molecule has 4 heteroatoms. The Morgan fingerprint density at radius 1 is 0.905 bits per heavy atom. The molecule has 0 saturated carbocycles. The highest BCUT2D eigenvalue weighted by Crippen LogP contribution is 2.16. The van der Waals surface area contributed by atoms with Gasteiger partial charge in [0.25, 0.3) is 5.91 Å². The summed E-state index contributed by atoms with van der Waals surface area (Å²) in [7, 11) is 0. The van der Waals surface area contributed by atoms with Gasteiger partial charge in [0.05, 0.1) is 0 Å². The predicted octanol–water partition coefficient (Wildman–Crippen LogP) is 3.77. The Bertz CT molecular complexity index is 619. The van der Waals surface area contributed by atoms with Gasteiger partial charge in [-0.15, -0.1) is 0 Å². The molecule has 0 saturated heterocycles. The second-order valence-electron chi connectivity index (χ2n) is 5.05. The van der Waals surface area contributed by atoms with Crippen LogP contribution >= 0.6 is 0 Å². The first-order chi connectivity index (χ1) is 10.1. The summed E-state index contributed by atoms with van der Waals surface area (Å²) < 4.78 is 0. The van der Waals surface area contributed by atoms with E-state index in [1.54, 1.807) is 24.3 Å². The maximum Gasteiger partial charge on any atom is 0.326 e. The van der Waals surface area contributed by atoms with Gasteiger partial charge in [0.15, 0.2) is 0 Å². The van der Waals surface area contributed by atoms with Gasteiger partial charge in [0.2, 0.25) is 0 Å². The van der Waals surface area contributed by atoms with Crippen LogP contribution in [0.15, 0.2) is 54.6 Å². The predicted molar refractivity (Wildman–Crippen MR) is 83.5 cm³/mol. The molecule has 0 atom stereocenters. The molecule has 2 aromatic carbocycles. The third-order valence-electron chi connectivity index (χ3n) is 3.10. The number of anilines is 1. The Morgan fingerprint density at radius 3 is 2.10 bits per heavy atom. The average Bonchev–Trinajstić information content (AvgIpc) is 2.48.